The third kappa shape index (κ3) is 5.52. The van der Waals surface area contributed by atoms with Gasteiger partial charge < -0.3 is 20.1 Å². The number of aliphatic imine (C=N–C) groups is 1. The third-order valence-electron chi connectivity index (χ3n) is 4.13. The van der Waals surface area contributed by atoms with Crippen molar-refractivity contribution in [3.05, 3.63) is 66.0 Å². The van der Waals surface area contributed by atoms with Gasteiger partial charge in [0.05, 0.1) is 0 Å². The second-order valence-electron chi connectivity index (χ2n) is 6.01. The SMILES string of the molecule is CN=C(NCc1cccc(N2CC=CC2)c1)NCc1ccn(C)c1.I. The van der Waals surface area contributed by atoms with Crippen molar-refractivity contribution in [2.24, 2.45) is 12.0 Å². The molecule has 0 atom stereocenters. The van der Waals surface area contributed by atoms with Crippen LogP contribution in [0.4, 0.5) is 5.69 Å². The smallest absolute Gasteiger partial charge is 0.191 e. The van der Waals surface area contributed by atoms with E-state index in [4.69, 9.17) is 0 Å². The number of hydrogen-bond donors (Lipinski definition) is 2. The van der Waals surface area contributed by atoms with E-state index in [-0.39, 0.29) is 24.0 Å². The molecule has 3 rings (SSSR count). The summed E-state index contributed by atoms with van der Waals surface area (Å²) >= 11 is 0. The van der Waals surface area contributed by atoms with Gasteiger partial charge in [-0.2, -0.15) is 0 Å². The highest BCUT2D eigenvalue weighted by Gasteiger charge is 2.08. The lowest BCUT2D eigenvalue weighted by Gasteiger charge is -2.19. The molecule has 0 aliphatic carbocycles. The largest absolute Gasteiger partial charge is 0.364 e. The van der Waals surface area contributed by atoms with Crippen molar-refractivity contribution >= 4 is 35.6 Å². The minimum atomic E-state index is 0. The second kappa shape index (κ2) is 9.50. The zero-order chi connectivity index (χ0) is 16.8. The monoisotopic (exact) mass is 451 g/mol. The Morgan fingerprint density at radius 3 is 2.44 bits per heavy atom. The standard InChI is InChI=1S/C19H25N5.HI/c1-20-19(22-14-17-8-11-23(2)15-17)21-13-16-6-5-7-18(12-16)24-9-3-4-10-24;/h3-8,11-12,15H,9-10,13-14H2,1-2H3,(H2,20,21,22);1H. The van der Waals surface area contributed by atoms with Gasteiger partial charge in [0.2, 0.25) is 0 Å². The van der Waals surface area contributed by atoms with Crippen molar-refractivity contribution < 1.29 is 0 Å². The number of aryl methyl sites for hydroxylation is 1. The molecule has 0 fully saturated rings. The fraction of sp³-hybridized carbons (Fsp3) is 0.316. The summed E-state index contributed by atoms with van der Waals surface area (Å²) in [4.78, 5) is 6.65. The minimum Gasteiger partial charge on any atom is -0.364 e. The summed E-state index contributed by atoms with van der Waals surface area (Å²) in [5, 5.41) is 6.72. The van der Waals surface area contributed by atoms with Crippen molar-refractivity contribution in [3.8, 4) is 0 Å². The Balaban J connectivity index is 0.00000225. The Morgan fingerprint density at radius 1 is 1.08 bits per heavy atom. The summed E-state index contributed by atoms with van der Waals surface area (Å²) in [5.74, 6) is 0.812. The number of rotatable bonds is 5. The molecule has 1 aliphatic heterocycles. The van der Waals surface area contributed by atoms with Gasteiger partial charge in [0.25, 0.3) is 0 Å². The van der Waals surface area contributed by atoms with Crippen LogP contribution >= 0.6 is 24.0 Å². The van der Waals surface area contributed by atoms with Gasteiger partial charge in [0.1, 0.15) is 0 Å². The van der Waals surface area contributed by atoms with Gasteiger partial charge in [-0.05, 0) is 29.3 Å². The van der Waals surface area contributed by atoms with Gasteiger partial charge in [-0.15, -0.1) is 24.0 Å². The van der Waals surface area contributed by atoms with Crippen LogP contribution < -0.4 is 15.5 Å². The van der Waals surface area contributed by atoms with Crippen LogP contribution in [0, 0.1) is 0 Å². The fourth-order valence-corrected chi connectivity index (χ4v) is 2.81. The lowest BCUT2D eigenvalue weighted by Crippen LogP contribution is -2.36. The molecule has 1 aromatic heterocycles. The molecule has 0 spiro atoms. The van der Waals surface area contributed by atoms with Gasteiger partial charge in [0, 0.05) is 58.4 Å². The topological polar surface area (TPSA) is 44.6 Å². The number of nitrogens with one attached hydrogen (secondary N) is 2. The molecule has 1 aromatic carbocycles. The Hall–Kier alpha value is -1.96. The van der Waals surface area contributed by atoms with Crippen LogP contribution in [-0.2, 0) is 20.1 Å². The molecule has 2 heterocycles. The van der Waals surface area contributed by atoms with Gasteiger partial charge in [-0.1, -0.05) is 24.3 Å². The number of guanidine groups is 1. The summed E-state index contributed by atoms with van der Waals surface area (Å²) in [6, 6.07) is 10.8. The van der Waals surface area contributed by atoms with Crippen molar-refractivity contribution in [2.75, 3.05) is 25.0 Å². The maximum Gasteiger partial charge on any atom is 0.191 e. The number of nitrogens with zero attached hydrogens (tertiary/aromatic N) is 3. The van der Waals surface area contributed by atoms with Crippen molar-refractivity contribution in [3.63, 3.8) is 0 Å². The van der Waals surface area contributed by atoms with Crippen LogP contribution in [0.3, 0.4) is 0 Å². The van der Waals surface area contributed by atoms with E-state index in [1.807, 2.05) is 17.8 Å². The fourth-order valence-electron chi connectivity index (χ4n) is 2.81. The first-order valence-corrected chi connectivity index (χ1v) is 8.29. The van der Waals surface area contributed by atoms with E-state index in [0.717, 1.165) is 32.1 Å². The molecule has 0 saturated heterocycles. The van der Waals surface area contributed by atoms with E-state index < -0.39 is 0 Å². The number of hydrogen-bond acceptors (Lipinski definition) is 2. The Labute approximate surface area is 166 Å². The summed E-state index contributed by atoms with van der Waals surface area (Å²) < 4.78 is 2.05. The lowest BCUT2D eigenvalue weighted by atomic mass is 10.2. The summed E-state index contributed by atoms with van der Waals surface area (Å²) in [6.07, 6.45) is 8.57. The maximum absolute atomic E-state index is 4.29. The van der Waals surface area contributed by atoms with Crippen molar-refractivity contribution in [1.82, 2.24) is 15.2 Å². The number of anilines is 1. The normalized spacial score (nSPS) is 13.7. The zero-order valence-corrected chi connectivity index (χ0v) is 17.1. The molecule has 5 nitrogen and oxygen atoms in total. The van der Waals surface area contributed by atoms with E-state index in [2.05, 4.69) is 69.2 Å². The predicted octanol–water partition coefficient (Wildman–Crippen LogP) is 2.88. The highest BCUT2D eigenvalue weighted by Crippen LogP contribution is 2.18. The van der Waals surface area contributed by atoms with E-state index in [0.29, 0.717) is 0 Å². The van der Waals surface area contributed by atoms with E-state index in [1.54, 1.807) is 7.05 Å². The van der Waals surface area contributed by atoms with Gasteiger partial charge >= 0.3 is 0 Å². The number of aromatic nitrogens is 1. The number of halogens is 1. The van der Waals surface area contributed by atoms with Crippen LogP contribution in [0.1, 0.15) is 11.1 Å². The zero-order valence-electron chi connectivity index (χ0n) is 14.8. The first kappa shape index (κ1) is 19.4. The molecule has 0 amide bonds. The van der Waals surface area contributed by atoms with Crippen LogP contribution in [0.5, 0.6) is 0 Å². The van der Waals surface area contributed by atoms with Crippen LogP contribution in [0.15, 0.2) is 59.9 Å². The molecule has 25 heavy (non-hydrogen) atoms. The molecular weight excluding hydrogens is 425 g/mol. The average Bonchev–Trinajstić information content (AvgIpc) is 3.27. The first-order valence-electron chi connectivity index (χ1n) is 8.29. The minimum absolute atomic E-state index is 0. The van der Waals surface area contributed by atoms with Crippen LogP contribution in [0.25, 0.3) is 0 Å². The molecule has 2 N–H and O–H groups in total. The van der Waals surface area contributed by atoms with Crippen molar-refractivity contribution in [2.45, 2.75) is 13.1 Å². The van der Waals surface area contributed by atoms with E-state index in [9.17, 15) is 0 Å². The highest BCUT2D eigenvalue weighted by molar-refractivity contribution is 14.0. The molecular formula is C19H26IN5. The van der Waals surface area contributed by atoms with Gasteiger partial charge in [0.15, 0.2) is 5.96 Å². The predicted molar refractivity (Wildman–Crippen MR) is 116 cm³/mol. The molecule has 0 unspecified atom stereocenters. The van der Waals surface area contributed by atoms with Crippen molar-refractivity contribution in [1.29, 1.82) is 0 Å². The summed E-state index contributed by atoms with van der Waals surface area (Å²) in [6.45, 7) is 3.51. The molecule has 0 bridgehead atoms. The molecule has 0 radical (unpaired) electrons. The molecule has 1 aliphatic rings. The third-order valence-corrected chi connectivity index (χ3v) is 4.13. The summed E-state index contributed by atoms with van der Waals surface area (Å²) in [7, 11) is 3.83. The number of benzene rings is 1. The van der Waals surface area contributed by atoms with E-state index >= 15 is 0 Å². The second-order valence-corrected chi connectivity index (χ2v) is 6.01. The highest BCUT2D eigenvalue weighted by atomic mass is 127. The Morgan fingerprint density at radius 2 is 1.80 bits per heavy atom. The maximum atomic E-state index is 4.29. The quantitative estimate of drug-likeness (QED) is 0.318. The van der Waals surface area contributed by atoms with Crippen LogP contribution in [0.2, 0.25) is 0 Å². The Kier molecular flexibility index (Phi) is 7.36. The molecule has 0 saturated carbocycles. The first-order chi connectivity index (χ1) is 11.7. The van der Waals surface area contributed by atoms with Gasteiger partial charge in [-0.3, -0.25) is 4.99 Å². The van der Waals surface area contributed by atoms with Gasteiger partial charge in [-0.25, -0.2) is 0 Å². The molecule has 134 valence electrons. The summed E-state index contributed by atoms with van der Waals surface area (Å²) in [5.41, 5.74) is 3.76. The average molecular weight is 451 g/mol. The van der Waals surface area contributed by atoms with E-state index in [1.165, 1.54) is 16.8 Å². The molecule has 2 aromatic rings. The Bertz CT molecular complexity index is 727. The van der Waals surface area contributed by atoms with Crippen LogP contribution in [-0.4, -0.2) is 30.7 Å². The lowest BCUT2D eigenvalue weighted by molar-refractivity contribution is 0.805. The molecule has 6 heteroatoms.